The Morgan fingerprint density at radius 3 is 2.37 bits per heavy atom. The van der Waals surface area contributed by atoms with E-state index in [9.17, 15) is 9.59 Å². The lowest BCUT2D eigenvalue weighted by Crippen LogP contribution is -2.52. The zero-order valence-corrected chi connectivity index (χ0v) is 11.3. The van der Waals surface area contributed by atoms with Gasteiger partial charge in [-0.3, -0.25) is 19.4 Å². The summed E-state index contributed by atoms with van der Waals surface area (Å²) in [5, 5.41) is 0.196. The average Bonchev–Trinajstić information content (AvgIpc) is 2.91. The van der Waals surface area contributed by atoms with E-state index >= 15 is 0 Å². The zero-order chi connectivity index (χ0) is 14.0. The summed E-state index contributed by atoms with van der Waals surface area (Å²) in [5.74, 6) is -0.167. The Bertz CT molecular complexity index is 561. The van der Waals surface area contributed by atoms with E-state index in [4.69, 9.17) is 16.6 Å². The lowest BCUT2D eigenvalue weighted by Gasteiger charge is -2.31. The standard InChI is InChI=1S/C13H12N2O3S/c1-14-11(16)10(12(17)15(2)13(14)19)7-3-5-9-6-4-8-18-9/h3-8H,1-2H3/b5-3-. The predicted molar refractivity (Wildman–Crippen MR) is 74.0 cm³/mol. The van der Waals surface area contributed by atoms with Crippen molar-refractivity contribution in [3.63, 3.8) is 0 Å². The van der Waals surface area contributed by atoms with E-state index in [-0.39, 0.29) is 10.7 Å². The Labute approximate surface area is 115 Å². The van der Waals surface area contributed by atoms with Crippen LogP contribution in [0, 0.1) is 0 Å². The number of likely N-dealkylation sites (N-methyl/N-ethyl adjacent to an activating group) is 2. The van der Waals surface area contributed by atoms with Crippen molar-refractivity contribution >= 4 is 35.2 Å². The number of allylic oxidation sites excluding steroid dienone is 2. The molecule has 1 aromatic rings. The van der Waals surface area contributed by atoms with Crippen LogP contribution in [0.4, 0.5) is 0 Å². The van der Waals surface area contributed by atoms with Crippen LogP contribution in [0.15, 0.2) is 40.5 Å². The Morgan fingerprint density at radius 1 is 1.21 bits per heavy atom. The highest BCUT2D eigenvalue weighted by Crippen LogP contribution is 2.15. The van der Waals surface area contributed by atoms with Crippen molar-refractivity contribution in [1.29, 1.82) is 0 Å². The third-order valence-electron chi connectivity index (χ3n) is 2.71. The monoisotopic (exact) mass is 276 g/mol. The number of furan rings is 1. The van der Waals surface area contributed by atoms with Gasteiger partial charge in [0.2, 0.25) is 0 Å². The molecule has 2 heterocycles. The molecule has 0 atom stereocenters. The second kappa shape index (κ2) is 5.19. The van der Waals surface area contributed by atoms with E-state index in [1.165, 1.54) is 30.0 Å². The van der Waals surface area contributed by atoms with Gasteiger partial charge in [0.1, 0.15) is 11.3 Å². The Morgan fingerprint density at radius 2 is 1.84 bits per heavy atom. The van der Waals surface area contributed by atoms with Crippen LogP contribution in [-0.2, 0) is 9.59 Å². The summed E-state index contributed by atoms with van der Waals surface area (Å²) in [6, 6.07) is 3.52. The van der Waals surface area contributed by atoms with Crippen LogP contribution >= 0.6 is 12.2 Å². The second-order valence-electron chi connectivity index (χ2n) is 3.97. The van der Waals surface area contributed by atoms with Gasteiger partial charge < -0.3 is 4.42 Å². The molecule has 19 heavy (non-hydrogen) atoms. The van der Waals surface area contributed by atoms with Gasteiger partial charge in [-0.15, -0.1) is 0 Å². The third kappa shape index (κ3) is 2.48. The molecule has 0 N–H and O–H groups in total. The number of rotatable bonds is 2. The molecule has 1 aromatic heterocycles. The van der Waals surface area contributed by atoms with E-state index in [1.54, 1.807) is 30.5 Å². The second-order valence-corrected chi connectivity index (χ2v) is 4.33. The van der Waals surface area contributed by atoms with Gasteiger partial charge in [0, 0.05) is 14.1 Å². The average molecular weight is 276 g/mol. The van der Waals surface area contributed by atoms with Crippen molar-refractivity contribution in [2.45, 2.75) is 0 Å². The summed E-state index contributed by atoms with van der Waals surface area (Å²) in [6.45, 7) is 0. The lowest BCUT2D eigenvalue weighted by atomic mass is 10.1. The highest BCUT2D eigenvalue weighted by molar-refractivity contribution is 7.80. The van der Waals surface area contributed by atoms with Gasteiger partial charge in [0.05, 0.1) is 6.26 Å². The number of thiocarbonyl (C=S) groups is 1. The maximum atomic E-state index is 11.9. The maximum absolute atomic E-state index is 11.9. The summed E-state index contributed by atoms with van der Waals surface area (Å²) in [6.07, 6.45) is 6.27. The summed E-state index contributed by atoms with van der Waals surface area (Å²) >= 11 is 4.99. The normalized spacial score (nSPS) is 16.7. The summed E-state index contributed by atoms with van der Waals surface area (Å²) < 4.78 is 5.11. The molecule has 0 unspecified atom stereocenters. The number of nitrogens with zero attached hydrogens (tertiary/aromatic N) is 2. The fourth-order valence-corrected chi connectivity index (χ4v) is 1.79. The fraction of sp³-hybridized carbons (Fsp3) is 0.154. The lowest BCUT2D eigenvalue weighted by molar-refractivity contribution is -0.132. The SMILES string of the molecule is CN1C(=O)C(=C/C=C\c2ccco2)C(=O)N(C)C1=S. The van der Waals surface area contributed by atoms with Gasteiger partial charge in [0.15, 0.2) is 5.11 Å². The predicted octanol–water partition coefficient (Wildman–Crippen LogP) is 1.43. The van der Waals surface area contributed by atoms with Gasteiger partial charge in [-0.25, -0.2) is 0 Å². The summed E-state index contributed by atoms with van der Waals surface area (Å²) in [4.78, 5) is 26.4. The molecule has 1 aliphatic rings. The molecular formula is C13H12N2O3S. The number of amides is 2. The molecule has 98 valence electrons. The van der Waals surface area contributed by atoms with Gasteiger partial charge in [-0.05, 0) is 36.5 Å². The number of hydrogen-bond donors (Lipinski definition) is 0. The third-order valence-corrected chi connectivity index (χ3v) is 3.26. The summed E-state index contributed by atoms with van der Waals surface area (Å²) in [7, 11) is 3.08. The molecule has 0 spiro atoms. The van der Waals surface area contributed by atoms with E-state index in [0.717, 1.165) is 0 Å². The minimum absolute atomic E-state index is 0.0707. The van der Waals surface area contributed by atoms with Crippen molar-refractivity contribution in [2.75, 3.05) is 14.1 Å². The number of carbonyl (C=O) groups is 2. The smallest absolute Gasteiger partial charge is 0.265 e. The van der Waals surface area contributed by atoms with Crippen molar-refractivity contribution < 1.29 is 14.0 Å². The van der Waals surface area contributed by atoms with Gasteiger partial charge >= 0.3 is 0 Å². The molecule has 1 aliphatic heterocycles. The van der Waals surface area contributed by atoms with E-state index in [1.807, 2.05) is 0 Å². The molecule has 1 saturated heterocycles. The first kappa shape index (κ1) is 13.2. The Hall–Kier alpha value is -2.21. The minimum Gasteiger partial charge on any atom is -0.465 e. The number of carbonyl (C=O) groups excluding carboxylic acids is 2. The van der Waals surface area contributed by atoms with Gasteiger partial charge in [-0.2, -0.15) is 0 Å². The highest BCUT2D eigenvalue weighted by Gasteiger charge is 2.34. The molecule has 5 nitrogen and oxygen atoms in total. The molecule has 0 aromatic carbocycles. The van der Waals surface area contributed by atoms with Crippen LogP contribution in [0.25, 0.3) is 6.08 Å². The molecule has 0 saturated carbocycles. The maximum Gasteiger partial charge on any atom is 0.265 e. The molecule has 1 fully saturated rings. The first-order chi connectivity index (χ1) is 9.02. The Balaban J connectivity index is 2.25. The van der Waals surface area contributed by atoms with Crippen molar-refractivity contribution in [3.8, 4) is 0 Å². The van der Waals surface area contributed by atoms with Crippen molar-refractivity contribution in [3.05, 3.63) is 41.9 Å². The fourth-order valence-electron chi connectivity index (χ4n) is 1.62. The molecule has 2 rings (SSSR count). The van der Waals surface area contributed by atoms with Crippen LogP contribution in [0.3, 0.4) is 0 Å². The van der Waals surface area contributed by atoms with Crippen LogP contribution in [-0.4, -0.2) is 40.8 Å². The first-order valence-electron chi connectivity index (χ1n) is 5.54. The van der Waals surface area contributed by atoms with Crippen LogP contribution < -0.4 is 0 Å². The van der Waals surface area contributed by atoms with Crippen LogP contribution in [0.5, 0.6) is 0 Å². The van der Waals surface area contributed by atoms with Crippen molar-refractivity contribution in [1.82, 2.24) is 9.80 Å². The van der Waals surface area contributed by atoms with E-state index < -0.39 is 11.8 Å². The molecular weight excluding hydrogens is 264 g/mol. The van der Waals surface area contributed by atoms with E-state index in [2.05, 4.69) is 0 Å². The molecule has 6 heteroatoms. The van der Waals surface area contributed by atoms with Gasteiger partial charge in [0.25, 0.3) is 11.8 Å². The summed E-state index contributed by atoms with van der Waals surface area (Å²) in [5.41, 5.74) is 0.0707. The van der Waals surface area contributed by atoms with Crippen LogP contribution in [0.1, 0.15) is 5.76 Å². The molecule has 0 radical (unpaired) electrons. The first-order valence-corrected chi connectivity index (χ1v) is 5.95. The number of hydrogen-bond acceptors (Lipinski definition) is 4. The molecule has 0 bridgehead atoms. The Kier molecular flexibility index (Phi) is 3.62. The molecule has 0 aliphatic carbocycles. The minimum atomic E-state index is -0.405. The quantitative estimate of drug-likeness (QED) is 0.466. The highest BCUT2D eigenvalue weighted by atomic mass is 32.1. The molecule has 2 amide bonds. The largest absolute Gasteiger partial charge is 0.465 e. The van der Waals surface area contributed by atoms with Gasteiger partial charge in [-0.1, -0.05) is 6.08 Å². The van der Waals surface area contributed by atoms with Crippen LogP contribution in [0.2, 0.25) is 0 Å². The zero-order valence-electron chi connectivity index (χ0n) is 10.5. The van der Waals surface area contributed by atoms with Crippen molar-refractivity contribution in [2.24, 2.45) is 0 Å². The van der Waals surface area contributed by atoms with E-state index in [0.29, 0.717) is 5.76 Å². The topological polar surface area (TPSA) is 53.8 Å².